The van der Waals surface area contributed by atoms with Crippen LogP contribution in [0, 0.1) is 23.7 Å². The van der Waals surface area contributed by atoms with Crippen molar-refractivity contribution < 1.29 is 14.3 Å². The summed E-state index contributed by atoms with van der Waals surface area (Å²) in [6.45, 7) is 6.73. The summed E-state index contributed by atoms with van der Waals surface area (Å²) in [5, 5.41) is 0. The van der Waals surface area contributed by atoms with Gasteiger partial charge in [0.1, 0.15) is 5.75 Å². The van der Waals surface area contributed by atoms with Gasteiger partial charge in [0.05, 0.1) is 23.0 Å². The largest absolute Gasteiger partial charge is 0.494 e. The molecule has 4 rings (SSSR count). The van der Waals surface area contributed by atoms with Gasteiger partial charge in [-0.25, -0.2) is 4.79 Å². The maximum absolute atomic E-state index is 11.0. The van der Waals surface area contributed by atoms with Crippen molar-refractivity contribution in [3.8, 4) is 40.6 Å². The van der Waals surface area contributed by atoms with E-state index in [4.69, 9.17) is 9.47 Å². The van der Waals surface area contributed by atoms with Gasteiger partial charge in [-0.05, 0) is 104 Å². The van der Waals surface area contributed by atoms with Crippen molar-refractivity contribution in [2.24, 2.45) is 0 Å². The van der Waals surface area contributed by atoms with E-state index in [2.05, 4.69) is 85.7 Å². The second kappa shape index (κ2) is 18.2. The Balaban J connectivity index is 1.20. The molecule has 0 N–H and O–H groups in total. The van der Waals surface area contributed by atoms with Gasteiger partial charge in [0.25, 0.3) is 0 Å². The minimum Gasteiger partial charge on any atom is -0.494 e. The fourth-order valence-corrected chi connectivity index (χ4v) is 5.26. The summed E-state index contributed by atoms with van der Waals surface area (Å²) in [5.41, 5.74) is 5.80. The summed E-state index contributed by atoms with van der Waals surface area (Å²) in [4.78, 5) is 13.0. The first-order valence-electron chi connectivity index (χ1n) is 15.5. The fourth-order valence-electron chi connectivity index (χ4n) is 4.54. The lowest BCUT2D eigenvalue weighted by Crippen LogP contribution is -2.02. The summed E-state index contributed by atoms with van der Waals surface area (Å²) < 4.78 is 10.8. The van der Waals surface area contributed by atoms with Gasteiger partial charge < -0.3 is 9.47 Å². The normalized spacial score (nSPS) is 10.2. The van der Waals surface area contributed by atoms with Crippen LogP contribution in [0.4, 0.5) is 0 Å². The van der Waals surface area contributed by atoms with E-state index in [9.17, 15) is 4.79 Å². The van der Waals surface area contributed by atoms with E-state index in [0.29, 0.717) is 13.2 Å². The van der Waals surface area contributed by atoms with E-state index in [1.54, 1.807) is 11.3 Å². The molecule has 0 unspecified atom stereocenters. The number of esters is 1. The molecule has 3 aromatic carbocycles. The predicted molar refractivity (Wildman–Crippen MR) is 183 cm³/mol. The monoisotopic (exact) mass is 600 g/mol. The van der Waals surface area contributed by atoms with Crippen LogP contribution >= 0.6 is 11.3 Å². The lowest BCUT2D eigenvalue weighted by Gasteiger charge is -2.06. The molecule has 0 fully saturated rings. The van der Waals surface area contributed by atoms with Gasteiger partial charge >= 0.3 is 5.97 Å². The minimum atomic E-state index is -0.362. The number of ether oxygens (including phenoxy) is 2. The maximum Gasteiger partial charge on any atom is 0.330 e. The van der Waals surface area contributed by atoms with Gasteiger partial charge in [-0.15, -0.1) is 11.3 Å². The average Bonchev–Trinajstić information content (AvgIpc) is 3.53. The molecule has 3 nitrogen and oxygen atoms in total. The number of hydrogen-bond acceptors (Lipinski definition) is 4. The molecule has 4 heteroatoms. The third-order valence-electron chi connectivity index (χ3n) is 7.08. The zero-order valence-electron chi connectivity index (χ0n) is 25.6. The van der Waals surface area contributed by atoms with Crippen molar-refractivity contribution in [3.63, 3.8) is 0 Å². The quantitative estimate of drug-likeness (QED) is 0.0626. The second-order valence-electron chi connectivity index (χ2n) is 10.6. The molecule has 0 spiro atoms. The Morgan fingerprint density at radius 2 is 1.25 bits per heavy atom. The topological polar surface area (TPSA) is 35.5 Å². The van der Waals surface area contributed by atoms with Gasteiger partial charge in [-0.1, -0.05) is 86.4 Å². The Kier molecular flexibility index (Phi) is 13.4. The number of unbranched alkanes of at least 4 members (excludes halogenated alkanes) is 5. The van der Waals surface area contributed by atoms with E-state index >= 15 is 0 Å². The molecule has 0 amide bonds. The molecule has 0 aliphatic rings. The molecule has 0 aliphatic carbocycles. The summed E-state index contributed by atoms with van der Waals surface area (Å²) in [5.74, 6) is 13.5. The Morgan fingerprint density at radius 3 is 1.84 bits per heavy atom. The number of hydrogen-bond donors (Lipinski definition) is 0. The molecule has 0 saturated heterocycles. The summed E-state index contributed by atoms with van der Waals surface area (Å²) >= 11 is 1.60. The molecule has 0 aliphatic heterocycles. The third-order valence-corrected chi connectivity index (χ3v) is 8.00. The van der Waals surface area contributed by atoms with Crippen molar-refractivity contribution in [3.05, 3.63) is 124 Å². The van der Waals surface area contributed by atoms with Gasteiger partial charge in [-0.3, -0.25) is 0 Å². The molecule has 4 aromatic rings. The third kappa shape index (κ3) is 11.3. The first-order chi connectivity index (χ1) is 21.6. The maximum atomic E-state index is 11.0. The van der Waals surface area contributed by atoms with Crippen LogP contribution in [-0.4, -0.2) is 19.2 Å². The van der Waals surface area contributed by atoms with Crippen molar-refractivity contribution in [2.45, 2.75) is 58.3 Å². The molecule has 1 heterocycles. The van der Waals surface area contributed by atoms with Crippen LogP contribution in [0.15, 0.2) is 97.6 Å². The highest BCUT2D eigenvalue weighted by Crippen LogP contribution is 2.21. The van der Waals surface area contributed by atoms with E-state index in [-0.39, 0.29) is 5.97 Å². The van der Waals surface area contributed by atoms with E-state index < -0.39 is 0 Å². The molecule has 0 radical (unpaired) electrons. The zero-order chi connectivity index (χ0) is 30.8. The van der Waals surface area contributed by atoms with E-state index in [1.807, 2.05) is 36.4 Å². The van der Waals surface area contributed by atoms with Crippen LogP contribution in [-0.2, 0) is 16.0 Å². The summed E-state index contributed by atoms with van der Waals surface area (Å²) in [6.07, 6.45) is 10.00. The van der Waals surface area contributed by atoms with Gasteiger partial charge in [0, 0.05) is 17.2 Å². The van der Waals surface area contributed by atoms with Crippen LogP contribution in [0.1, 0.15) is 78.3 Å². The van der Waals surface area contributed by atoms with Crippen LogP contribution in [0.2, 0.25) is 0 Å². The lowest BCUT2D eigenvalue weighted by atomic mass is 10.0. The molecule has 224 valence electrons. The zero-order valence-corrected chi connectivity index (χ0v) is 26.4. The Bertz CT molecular complexity index is 1590. The standard InChI is InChI=1S/C40H40O3S/c1-3-5-8-11-32-12-20-35(21-13-32)36-22-14-33(15-23-36)18-26-38-28-29-39(44-38)27-19-34-16-24-37(25-17-34)42-30-9-6-7-10-31-43-40(41)4-2/h4,12-17,20-25,28-29H,2-3,5-11,30-31H2,1H3. The number of thiophene rings is 1. The fraction of sp³-hybridized carbons (Fsp3) is 0.275. The Morgan fingerprint density at radius 1 is 0.682 bits per heavy atom. The van der Waals surface area contributed by atoms with Crippen molar-refractivity contribution in [2.75, 3.05) is 13.2 Å². The van der Waals surface area contributed by atoms with Gasteiger partial charge in [0.15, 0.2) is 0 Å². The van der Waals surface area contributed by atoms with Crippen LogP contribution in [0.25, 0.3) is 11.1 Å². The Labute approximate surface area is 267 Å². The highest BCUT2D eigenvalue weighted by atomic mass is 32.1. The SMILES string of the molecule is C=CC(=O)OCCCCCCOc1ccc(C#Cc2ccc(C#Cc3ccc(-c4ccc(CCCCC)cc4)cc3)s2)cc1. The second-order valence-corrected chi connectivity index (χ2v) is 11.6. The smallest absolute Gasteiger partial charge is 0.330 e. The van der Waals surface area contributed by atoms with Crippen LogP contribution < -0.4 is 4.74 Å². The van der Waals surface area contributed by atoms with Crippen LogP contribution in [0.3, 0.4) is 0 Å². The molecule has 0 atom stereocenters. The average molecular weight is 601 g/mol. The predicted octanol–water partition coefficient (Wildman–Crippen LogP) is 9.62. The highest BCUT2D eigenvalue weighted by Gasteiger charge is 2.01. The molecule has 0 saturated carbocycles. The number of carbonyl (C=O) groups excluding carboxylic acids is 1. The lowest BCUT2D eigenvalue weighted by molar-refractivity contribution is -0.137. The number of carbonyl (C=O) groups is 1. The van der Waals surface area contributed by atoms with E-state index in [1.165, 1.54) is 42.0 Å². The first-order valence-corrected chi connectivity index (χ1v) is 16.3. The van der Waals surface area contributed by atoms with Crippen molar-refractivity contribution >= 4 is 17.3 Å². The van der Waals surface area contributed by atoms with E-state index in [0.717, 1.165) is 58.7 Å². The molecule has 1 aromatic heterocycles. The van der Waals surface area contributed by atoms with Crippen molar-refractivity contribution in [1.29, 1.82) is 0 Å². The number of aryl methyl sites for hydroxylation is 1. The van der Waals surface area contributed by atoms with Gasteiger partial charge in [0.2, 0.25) is 0 Å². The van der Waals surface area contributed by atoms with Gasteiger partial charge in [-0.2, -0.15) is 0 Å². The number of rotatable bonds is 14. The first kappa shape index (κ1) is 32.4. The molecular weight excluding hydrogens is 561 g/mol. The van der Waals surface area contributed by atoms with Crippen molar-refractivity contribution in [1.82, 2.24) is 0 Å². The summed E-state index contributed by atoms with van der Waals surface area (Å²) in [6, 6.07) is 29.3. The number of benzene rings is 3. The minimum absolute atomic E-state index is 0.362. The summed E-state index contributed by atoms with van der Waals surface area (Å²) in [7, 11) is 0. The Hall–Kier alpha value is -4.51. The molecule has 0 bridgehead atoms. The molecule has 44 heavy (non-hydrogen) atoms. The molecular formula is C40H40O3S. The van der Waals surface area contributed by atoms with Crippen LogP contribution in [0.5, 0.6) is 5.75 Å². The highest BCUT2D eigenvalue weighted by molar-refractivity contribution is 7.13.